The van der Waals surface area contributed by atoms with Crippen LogP contribution in [-0.4, -0.2) is 24.7 Å². The van der Waals surface area contributed by atoms with Gasteiger partial charge in [-0.15, -0.1) is 0 Å². The average molecular weight is 253 g/mol. The number of carbonyl (C=O) groups excluding carboxylic acids is 1. The molecule has 0 saturated heterocycles. The Morgan fingerprint density at radius 1 is 1.17 bits per heavy atom. The van der Waals surface area contributed by atoms with E-state index < -0.39 is 0 Å². The highest BCUT2D eigenvalue weighted by molar-refractivity contribution is 5.72. The number of carbonyl (C=O) groups is 1. The topological polar surface area (TPSA) is 38.3 Å². The van der Waals surface area contributed by atoms with E-state index in [1.54, 1.807) is 0 Å². The average Bonchev–Trinajstić information content (AvgIpc) is 2.76. The maximum Gasteiger partial charge on any atom is 0.308 e. The lowest BCUT2D eigenvalue weighted by molar-refractivity contribution is -0.149. The predicted octanol–water partition coefficient (Wildman–Crippen LogP) is 2.89. The smallest absolute Gasteiger partial charge is 0.308 e. The fourth-order valence-electron chi connectivity index (χ4n) is 3.45. The summed E-state index contributed by atoms with van der Waals surface area (Å²) in [5.74, 6) is 1.00. The standard InChI is InChI=1S/C15H27NO2/c1-3-18-15(17)12-7-9-13(10-8-12)16-14-6-4-5-11(14)2/h11-14,16H,3-10H2,1-2H3. The molecule has 0 aromatic heterocycles. The van der Waals surface area contributed by atoms with Gasteiger partial charge in [0.25, 0.3) is 0 Å². The lowest BCUT2D eigenvalue weighted by Crippen LogP contribution is -2.42. The van der Waals surface area contributed by atoms with E-state index in [9.17, 15) is 4.79 Å². The monoisotopic (exact) mass is 253 g/mol. The van der Waals surface area contributed by atoms with E-state index >= 15 is 0 Å². The largest absolute Gasteiger partial charge is 0.466 e. The number of esters is 1. The van der Waals surface area contributed by atoms with Crippen molar-refractivity contribution in [1.82, 2.24) is 5.32 Å². The Morgan fingerprint density at radius 3 is 2.44 bits per heavy atom. The van der Waals surface area contributed by atoms with Gasteiger partial charge in [-0.25, -0.2) is 0 Å². The zero-order chi connectivity index (χ0) is 13.0. The summed E-state index contributed by atoms with van der Waals surface area (Å²) in [4.78, 5) is 11.7. The molecule has 104 valence electrons. The van der Waals surface area contributed by atoms with Crippen LogP contribution in [-0.2, 0) is 9.53 Å². The quantitative estimate of drug-likeness (QED) is 0.783. The zero-order valence-corrected chi connectivity index (χ0v) is 11.8. The third-order valence-corrected chi connectivity index (χ3v) is 4.66. The van der Waals surface area contributed by atoms with Crippen LogP contribution >= 0.6 is 0 Å². The molecule has 0 spiro atoms. The molecule has 0 aliphatic heterocycles. The van der Waals surface area contributed by atoms with E-state index in [2.05, 4.69) is 12.2 Å². The van der Waals surface area contributed by atoms with Gasteiger partial charge in [0.05, 0.1) is 12.5 Å². The summed E-state index contributed by atoms with van der Waals surface area (Å²) in [6.07, 6.45) is 8.33. The molecule has 2 unspecified atom stereocenters. The van der Waals surface area contributed by atoms with E-state index in [1.165, 1.54) is 19.3 Å². The molecular formula is C15H27NO2. The van der Waals surface area contributed by atoms with E-state index in [1.807, 2.05) is 6.92 Å². The van der Waals surface area contributed by atoms with Crippen molar-refractivity contribution in [3.8, 4) is 0 Å². The summed E-state index contributed by atoms with van der Waals surface area (Å²) in [5, 5.41) is 3.81. The molecule has 0 aromatic rings. The molecule has 2 aliphatic rings. The van der Waals surface area contributed by atoms with Gasteiger partial charge in [0, 0.05) is 12.1 Å². The van der Waals surface area contributed by atoms with E-state index in [4.69, 9.17) is 4.74 Å². The number of rotatable bonds is 4. The first-order valence-electron chi connectivity index (χ1n) is 7.63. The maximum absolute atomic E-state index is 11.7. The number of nitrogens with one attached hydrogen (secondary N) is 1. The van der Waals surface area contributed by atoms with Crippen LogP contribution in [0.25, 0.3) is 0 Å². The first kappa shape index (κ1) is 13.9. The van der Waals surface area contributed by atoms with Crippen molar-refractivity contribution in [3.05, 3.63) is 0 Å². The maximum atomic E-state index is 11.7. The van der Waals surface area contributed by atoms with Gasteiger partial charge in [0.1, 0.15) is 0 Å². The highest BCUT2D eigenvalue weighted by atomic mass is 16.5. The molecule has 0 heterocycles. The molecule has 3 nitrogen and oxygen atoms in total. The van der Waals surface area contributed by atoms with Crippen molar-refractivity contribution >= 4 is 5.97 Å². The van der Waals surface area contributed by atoms with Crippen molar-refractivity contribution in [1.29, 1.82) is 0 Å². The third kappa shape index (κ3) is 3.47. The summed E-state index contributed by atoms with van der Waals surface area (Å²) in [6, 6.07) is 1.34. The van der Waals surface area contributed by atoms with Gasteiger partial charge in [-0.05, 0) is 51.4 Å². The number of ether oxygens (including phenoxy) is 1. The van der Waals surface area contributed by atoms with Crippen LogP contribution in [0.2, 0.25) is 0 Å². The van der Waals surface area contributed by atoms with Crippen LogP contribution in [0.15, 0.2) is 0 Å². The minimum Gasteiger partial charge on any atom is -0.466 e. The van der Waals surface area contributed by atoms with Crippen LogP contribution in [0.4, 0.5) is 0 Å². The Labute approximate surface area is 111 Å². The van der Waals surface area contributed by atoms with Crippen LogP contribution in [0.5, 0.6) is 0 Å². The van der Waals surface area contributed by atoms with Gasteiger partial charge >= 0.3 is 5.97 Å². The fraction of sp³-hybridized carbons (Fsp3) is 0.933. The lowest BCUT2D eigenvalue weighted by atomic mass is 9.85. The minimum absolute atomic E-state index is 0.0187. The van der Waals surface area contributed by atoms with Crippen molar-refractivity contribution in [2.45, 2.75) is 70.9 Å². The molecule has 3 heteroatoms. The molecule has 2 fully saturated rings. The summed E-state index contributed by atoms with van der Waals surface area (Å²) >= 11 is 0. The molecule has 1 N–H and O–H groups in total. The highest BCUT2D eigenvalue weighted by Gasteiger charge is 2.30. The Balaban J connectivity index is 1.71. The Kier molecular flexibility index (Phi) is 5.04. The number of hydrogen-bond acceptors (Lipinski definition) is 3. The summed E-state index contributed by atoms with van der Waals surface area (Å²) in [7, 11) is 0. The fourth-order valence-corrected chi connectivity index (χ4v) is 3.45. The van der Waals surface area contributed by atoms with Crippen LogP contribution in [0.3, 0.4) is 0 Å². The Bertz CT molecular complexity index is 272. The van der Waals surface area contributed by atoms with Crippen LogP contribution in [0.1, 0.15) is 58.8 Å². The predicted molar refractivity (Wildman–Crippen MR) is 72.3 cm³/mol. The van der Waals surface area contributed by atoms with Crippen molar-refractivity contribution in [3.63, 3.8) is 0 Å². The molecule has 0 amide bonds. The van der Waals surface area contributed by atoms with E-state index in [0.29, 0.717) is 18.7 Å². The van der Waals surface area contributed by atoms with Gasteiger partial charge < -0.3 is 10.1 Å². The molecule has 2 atom stereocenters. The van der Waals surface area contributed by atoms with Gasteiger partial charge in [-0.2, -0.15) is 0 Å². The van der Waals surface area contributed by atoms with Gasteiger partial charge in [0.2, 0.25) is 0 Å². The molecular weight excluding hydrogens is 226 g/mol. The molecule has 0 aromatic carbocycles. The molecule has 18 heavy (non-hydrogen) atoms. The van der Waals surface area contributed by atoms with Gasteiger partial charge in [-0.1, -0.05) is 13.3 Å². The summed E-state index contributed by atoms with van der Waals surface area (Å²) < 4.78 is 5.11. The zero-order valence-electron chi connectivity index (χ0n) is 11.8. The molecule has 2 aliphatic carbocycles. The van der Waals surface area contributed by atoms with E-state index in [0.717, 1.165) is 31.6 Å². The molecule has 2 saturated carbocycles. The first-order valence-corrected chi connectivity index (χ1v) is 7.63. The van der Waals surface area contributed by atoms with Gasteiger partial charge in [-0.3, -0.25) is 4.79 Å². The Hall–Kier alpha value is -0.570. The normalized spacial score (nSPS) is 36.6. The summed E-state index contributed by atoms with van der Waals surface area (Å²) in [5.41, 5.74) is 0. The van der Waals surface area contributed by atoms with Crippen molar-refractivity contribution in [2.75, 3.05) is 6.61 Å². The second-order valence-electron chi connectivity index (χ2n) is 5.98. The summed E-state index contributed by atoms with van der Waals surface area (Å²) in [6.45, 7) is 4.75. The number of hydrogen-bond donors (Lipinski definition) is 1. The van der Waals surface area contributed by atoms with Crippen LogP contribution < -0.4 is 5.32 Å². The molecule has 2 rings (SSSR count). The van der Waals surface area contributed by atoms with Crippen molar-refractivity contribution < 1.29 is 9.53 Å². The van der Waals surface area contributed by atoms with Gasteiger partial charge in [0.15, 0.2) is 0 Å². The third-order valence-electron chi connectivity index (χ3n) is 4.66. The van der Waals surface area contributed by atoms with E-state index in [-0.39, 0.29) is 11.9 Å². The lowest BCUT2D eigenvalue weighted by Gasteiger charge is -2.31. The second kappa shape index (κ2) is 6.55. The highest BCUT2D eigenvalue weighted by Crippen LogP contribution is 2.29. The van der Waals surface area contributed by atoms with Crippen LogP contribution in [0, 0.1) is 11.8 Å². The first-order chi connectivity index (χ1) is 8.70. The SMILES string of the molecule is CCOC(=O)C1CCC(NC2CCCC2C)CC1. The minimum atomic E-state index is 0.0187. The second-order valence-corrected chi connectivity index (χ2v) is 5.98. The van der Waals surface area contributed by atoms with Crippen molar-refractivity contribution in [2.24, 2.45) is 11.8 Å². The molecule has 0 radical (unpaired) electrons. The molecule has 0 bridgehead atoms. The Morgan fingerprint density at radius 2 is 1.89 bits per heavy atom.